The van der Waals surface area contributed by atoms with E-state index in [-0.39, 0.29) is 0 Å². The summed E-state index contributed by atoms with van der Waals surface area (Å²) in [5, 5.41) is 31.6. The van der Waals surface area contributed by atoms with Gasteiger partial charge in [0.1, 0.15) is 18.3 Å². The highest BCUT2D eigenvalue weighted by Gasteiger charge is 2.43. The SMILES string of the molecule is CNCCc1cn([C@@H]2O[C@H](CO)[C@@H](O)[C@H]2O)c(=O)[nH]c1=O. The summed E-state index contributed by atoms with van der Waals surface area (Å²) in [6.45, 7) is 0.0523. The standard InChI is InChI=1S/C12H19N3O6/c1-13-3-2-6-4-15(12(20)14-10(6)19)11-9(18)8(17)7(5-16)21-11/h4,7-9,11,13,16-18H,2-3,5H2,1H3,(H,14,19,20)/t7-,8-,9-,11-/m1/s1. The molecule has 0 bridgehead atoms. The average molecular weight is 301 g/mol. The van der Waals surface area contributed by atoms with E-state index >= 15 is 0 Å². The van der Waals surface area contributed by atoms with Crippen LogP contribution in [0.5, 0.6) is 0 Å². The Hall–Kier alpha value is -1.52. The molecule has 4 atom stereocenters. The van der Waals surface area contributed by atoms with E-state index in [1.165, 1.54) is 6.20 Å². The molecular weight excluding hydrogens is 282 g/mol. The molecule has 0 aromatic carbocycles. The minimum absolute atomic E-state index is 0.349. The highest BCUT2D eigenvalue weighted by atomic mass is 16.6. The van der Waals surface area contributed by atoms with E-state index in [0.717, 1.165) is 4.57 Å². The van der Waals surface area contributed by atoms with Crippen molar-refractivity contribution in [2.45, 2.75) is 31.0 Å². The fraction of sp³-hybridized carbons (Fsp3) is 0.667. The van der Waals surface area contributed by atoms with Gasteiger partial charge in [0.2, 0.25) is 0 Å². The summed E-state index contributed by atoms with van der Waals surface area (Å²) in [6.07, 6.45) is -3.12. The predicted octanol–water partition coefficient (Wildman–Crippen LogP) is -3.09. The molecule has 0 aliphatic carbocycles. The predicted molar refractivity (Wildman–Crippen MR) is 72.0 cm³/mol. The molecular formula is C12H19N3O6. The Morgan fingerprint density at radius 1 is 1.38 bits per heavy atom. The van der Waals surface area contributed by atoms with Crippen molar-refractivity contribution < 1.29 is 20.1 Å². The number of rotatable bonds is 5. The van der Waals surface area contributed by atoms with Gasteiger partial charge >= 0.3 is 5.69 Å². The van der Waals surface area contributed by atoms with Gasteiger partial charge in [-0.1, -0.05) is 0 Å². The van der Waals surface area contributed by atoms with Gasteiger partial charge in [0.05, 0.1) is 6.61 Å². The summed E-state index contributed by atoms with van der Waals surface area (Å²) < 4.78 is 6.30. The lowest BCUT2D eigenvalue weighted by atomic mass is 10.1. The quantitative estimate of drug-likeness (QED) is 0.389. The first kappa shape index (κ1) is 15.9. The maximum atomic E-state index is 11.9. The van der Waals surface area contributed by atoms with E-state index in [9.17, 15) is 19.8 Å². The summed E-state index contributed by atoms with van der Waals surface area (Å²) in [4.78, 5) is 25.7. The van der Waals surface area contributed by atoms with E-state index in [1.54, 1.807) is 7.05 Å². The van der Waals surface area contributed by atoms with Gasteiger partial charge in [0.15, 0.2) is 6.23 Å². The number of aliphatic hydroxyl groups is 3. The Morgan fingerprint density at radius 2 is 2.10 bits per heavy atom. The zero-order chi connectivity index (χ0) is 15.6. The number of aromatic nitrogens is 2. The molecule has 9 heteroatoms. The van der Waals surface area contributed by atoms with Crippen LogP contribution in [0, 0.1) is 0 Å². The zero-order valence-electron chi connectivity index (χ0n) is 11.5. The molecule has 1 aromatic heterocycles. The van der Waals surface area contributed by atoms with Crippen LogP contribution in [0.15, 0.2) is 15.8 Å². The van der Waals surface area contributed by atoms with Gasteiger partial charge in [-0.25, -0.2) is 4.79 Å². The maximum Gasteiger partial charge on any atom is 0.330 e. The fourth-order valence-electron chi connectivity index (χ4n) is 2.26. The number of aromatic amines is 1. The van der Waals surface area contributed by atoms with Gasteiger partial charge < -0.3 is 25.4 Å². The van der Waals surface area contributed by atoms with Crippen molar-refractivity contribution in [2.75, 3.05) is 20.2 Å². The molecule has 1 aliphatic heterocycles. The molecule has 1 aliphatic rings. The van der Waals surface area contributed by atoms with Gasteiger partial charge in [-0.15, -0.1) is 0 Å². The molecule has 0 radical (unpaired) electrons. The molecule has 0 amide bonds. The van der Waals surface area contributed by atoms with E-state index in [1.807, 2.05) is 0 Å². The zero-order valence-corrected chi connectivity index (χ0v) is 11.5. The lowest BCUT2D eigenvalue weighted by Crippen LogP contribution is -2.39. The second-order valence-corrected chi connectivity index (χ2v) is 4.90. The molecule has 1 saturated heterocycles. The molecule has 5 N–H and O–H groups in total. The third-order valence-corrected chi connectivity index (χ3v) is 3.48. The summed E-state index contributed by atoms with van der Waals surface area (Å²) >= 11 is 0. The van der Waals surface area contributed by atoms with Gasteiger partial charge in [0.25, 0.3) is 5.56 Å². The Morgan fingerprint density at radius 3 is 2.67 bits per heavy atom. The number of likely N-dealkylation sites (N-methyl/N-ethyl adjacent to an activating group) is 1. The third kappa shape index (κ3) is 3.06. The maximum absolute atomic E-state index is 11.9. The summed E-state index contributed by atoms with van der Waals surface area (Å²) in [5.41, 5.74) is -0.900. The molecule has 21 heavy (non-hydrogen) atoms. The van der Waals surface area contributed by atoms with E-state index in [4.69, 9.17) is 9.84 Å². The Bertz CT molecular complexity index is 597. The van der Waals surface area contributed by atoms with Crippen molar-refractivity contribution in [3.63, 3.8) is 0 Å². The van der Waals surface area contributed by atoms with Crippen LogP contribution in [-0.2, 0) is 11.2 Å². The molecule has 2 heterocycles. The lowest BCUT2D eigenvalue weighted by molar-refractivity contribution is -0.0551. The molecule has 0 unspecified atom stereocenters. The largest absolute Gasteiger partial charge is 0.394 e. The number of ether oxygens (including phenoxy) is 1. The van der Waals surface area contributed by atoms with Crippen LogP contribution in [0.3, 0.4) is 0 Å². The van der Waals surface area contributed by atoms with Crippen LogP contribution in [0.2, 0.25) is 0 Å². The Labute approximate surface area is 119 Å². The number of hydrogen-bond donors (Lipinski definition) is 5. The molecule has 9 nitrogen and oxygen atoms in total. The summed E-state index contributed by atoms with van der Waals surface area (Å²) in [7, 11) is 1.73. The normalized spacial score (nSPS) is 29.0. The Balaban J connectivity index is 2.35. The second kappa shape index (κ2) is 6.50. The van der Waals surface area contributed by atoms with Gasteiger partial charge in [-0.3, -0.25) is 14.3 Å². The van der Waals surface area contributed by atoms with Gasteiger partial charge in [-0.05, 0) is 20.0 Å². The minimum atomic E-state index is -1.37. The number of aliphatic hydroxyl groups excluding tert-OH is 3. The Kier molecular flexibility index (Phi) is 4.91. The number of nitrogens with one attached hydrogen (secondary N) is 2. The smallest absolute Gasteiger partial charge is 0.330 e. The van der Waals surface area contributed by atoms with E-state index in [2.05, 4.69) is 10.3 Å². The van der Waals surface area contributed by atoms with E-state index < -0.39 is 42.4 Å². The monoisotopic (exact) mass is 301 g/mol. The van der Waals surface area contributed by atoms with Crippen molar-refractivity contribution in [1.82, 2.24) is 14.9 Å². The van der Waals surface area contributed by atoms with Crippen molar-refractivity contribution in [3.8, 4) is 0 Å². The average Bonchev–Trinajstić information content (AvgIpc) is 2.74. The fourth-order valence-corrected chi connectivity index (χ4v) is 2.26. The molecule has 0 spiro atoms. The summed E-state index contributed by atoms with van der Waals surface area (Å²) in [5.74, 6) is 0. The van der Waals surface area contributed by atoms with Crippen molar-refractivity contribution in [3.05, 3.63) is 32.6 Å². The molecule has 1 aromatic rings. The van der Waals surface area contributed by atoms with Crippen molar-refractivity contribution >= 4 is 0 Å². The molecule has 2 rings (SSSR count). The van der Waals surface area contributed by atoms with Crippen LogP contribution < -0.4 is 16.6 Å². The number of hydrogen-bond acceptors (Lipinski definition) is 7. The first-order valence-electron chi connectivity index (χ1n) is 6.61. The lowest BCUT2D eigenvalue weighted by Gasteiger charge is -2.18. The van der Waals surface area contributed by atoms with Crippen LogP contribution >= 0.6 is 0 Å². The second-order valence-electron chi connectivity index (χ2n) is 4.90. The number of nitrogens with zero attached hydrogens (tertiary/aromatic N) is 1. The van der Waals surface area contributed by atoms with Crippen molar-refractivity contribution in [2.24, 2.45) is 0 Å². The van der Waals surface area contributed by atoms with Crippen LogP contribution in [0.4, 0.5) is 0 Å². The van der Waals surface area contributed by atoms with Gasteiger partial charge in [0, 0.05) is 11.8 Å². The van der Waals surface area contributed by atoms with Crippen LogP contribution in [0.1, 0.15) is 11.8 Å². The molecule has 118 valence electrons. The summed E-state index contributed by atoms with van der Waals surface area (Å²) in [6, 6.07) is 0. The highest BCUT2D eigenvalue weighted by molar-refractivity contribution is 5.06. The molecule has 0 saturated carbocycles. The minimum Gasteiger partial charge on any atom is -0.394 e. The van der Waals surface area contributed by atoms with Crippen LogP contribution in [-0.4, -0.2) is 63.4 Å². The first-order valence-corrected chi connectivity index (χ1v) is 6.61. The van der Waals surface area contributed by atoms with Gasteiger partial charge in [-0.2, -0.15) is 0 Å². The van der Waals surface area contributed by atoms with Crippen LogP contribution in [0.25, 0.3) is 0 Å². The topological polar surface area (TPSA) is 137 Å². The highest BCUT2D eigenvalue weighted by Crippen LogP contribution is 2.27. The number of H-pyrrole nitrogens is 1. The third-order valence-electron chi connectivity index (χ3n) is 3.48. The molecule has 1 fully saturated rings. The van der Waals surface area contributed by atoms with E-state index in [0.29, 0.717) is 18.5 Å². The first-order chi connectivity index (χ1) is 9.99. The van der Waals surface area contributed by atoms with Crippen molar-refractivity contribution in [1.29, 1.82) is 0 Å².